The molecule has 1 unspecified atom stereocenters. The van der Waals surface area contributed by atoms with Crippen molar-refractivity contribution in [1.29, 1.82) is 0 Å². The van der Waals surface area contributed by atoms with E-state index in [2.05, 4.69) is 10.6 Å². The Morgan fingerprint density at radius 3 is 2.67 bits per heavy atom. The second kappa shape index (κ2) is 6.00. The van der Waals surface area contributed by atoms with Gasteiger partial charge in [-0.25, -0.2) is 0 Å². The Kier molecular flexibility index (Phi) is 4.65. The molecule has 0 saturated carbocycles. The van der Waals surface area contributed by atoms with E-state index < -0.39 is 4.92 Å². The first kappa shape index (κ1) is 14.0. The molecular weight excluding hydrogens is 234 g/mol. The van der Waals surface area contributed by atoms with E-state index in [9.17, 15) is 14.9 Å². The van der Waals surface area contributed by atoms with E-state index in [1.165, 1.54) is 18.2 Å². The number of nitrogens with one attached hydrogen (secondary N) is 2. The number of nitro benzene ring substituents is 1. The minimum Gasteiger partial charge on any atom is -0.383 e. The van der Waals surface area contributed by atoms with E-state index in [0.717, 1.165) is 6.42 Å². The van der Waals surface area contributed by atoms with Crippen molar-refractivity contribution >= 4 is 17.3 Å². The molecule has 0 aromatic heterocycles. The predicted octanol–water partition coefficient (Wildman–Crippen LogP) is 2.16. The van der Waals surface area contributed by atoms with E-state index in [1.807, 2.05) is 13.8 Å². The third kappa shape index (κ3) is 3.19. The maximum Gasteiger partial charge on any atom is 0.292 e. The highest BCUT2D eigenvalue weighted by Gasteiger charge is 2.16. The summed E-state index contributed by atoms with van der Waals surface area (Å²) in [6, 6.07) is 4.34. The van der Waals surface area contributed by atoms with E-state index in [0.29, 0.717) is 11.3 Å². The molecule has 6 nitrogen and oxygen atoms in total. The normalized spacial score (nSPS) is 11.7. The Balaban J connectivity index is 2.98. The van der Waals surface area contributed by atoms with Crippen molar-refractivity contribution in [3.05, 3.63) is 33.9 Å². The summed E-state index contributed by atoms with van der Waals surface area (Å²) in [5.41, 5.74) is 0.694. The van der Waals surface area contributed by atoms with Gasteiger partial charge in [0.05, 0.1) is 4.92 Å². The van der Waals surface area contributed by atoms with Crippen molar-refractivity contribution in [3.63, 3.8) is 0 Å². The minimum atomic E-state index is -0.484. The fourth-order valence-corrected chi connectivity index (χ4v) is 1.45. The van der Waals surface area contributed by atoms with Gasteiger partial charge in [-0.1, -0.05) is 6.92 Å². The lowest BCUT2D eigenvalue weighted by Gasteiger charge is -2.12. The van der Waals surface area contributed by atoms with E-state index in [1.54, 1.807) is 7.05 Å². The number of anilines is 1. The molecular formula is C12H17N3O3. The average molecular weight is 251 g/mol. The number of nitrogens with zero attached hydrogens (tertiary/aromatic N) is 1. The van der Waals surface area contributed by atoms with Crippen LogP contribution in [0.5, 0.6) is 0 Å². The molecule has 0 aliphatic carbocycles. The molecule has 2 N–H and O–H groups in total. The van der Waals surface area contributed by atoms with Gasteiger partial charge in [-0.2, -0.15) is 0 Å². The third-order valence-corrected chi connectivity index (χ3v) is 2.71. The van der Waals surface area contributed by atoms with Gasteiger partial charge in [-0.15, -0.1) is 0 Å². The van der Waals surface area contributed by atoms with Crippen LogP contribution in [0.3, 0.4) is 0 Å². The first-order valence-corrected chi connectivity index (χ1v) is 5.76. The molecule has 98 valence electrons. The molecule has 0 bridgehead atoms. The van der Waals surface area contributed by atoms with E-state index in [4.69, 9.17) is 0 Å². The highest BCUT2D eigenvalue weighted by atomic mass is 16.6. The van der Waals surface area contributed by atoms with Crippen LogP contribution in [0.25, 0.3) is 0 Å². The Labute approximate surface area is 106 Å². The summed E-state index contributed by atoms with van der Waals surface area (Å²) >= 11 is 0. The van der Waals surface area contributed by atoms with E-state index in [-0.39, 0.29) is 17.6 Å². The standard InChI is InChI=1S/C12H17N3O3/c1-4-8(2)14-12(16)9-5-6-11(15(17)18)10(7-9)13-3/h5-8,13H,4H2,1-3H3,(H,14,16). The molecule has 1 aromatic carbocycles. The van der Waals surface area contributed by atoms with Crippen molar-refractivity contribution in [3.8, 4) is 0 Å². The van der Waals surface area contributed by atoms with Crippen molar-refractivity contribution in [1.82, 2.24) is 5.32 Å². The SMILES string of the molecule is CCC(C)NC(=O)c1ccc([N+](=O)[O-])c(NC)c1. The average Bonchev–Trinajstić information content (AvgIpc) is 2.37. The van der Waals surface area contributed by atoms with Crippen molar-refractivity contribution in [2.75, 3.05) is 12.4 Å². The number of benzene rings is 1. The van der Waals surface area contributed by atoms with Gasteiger partial charge < -0.3 is 10.6 Å². The first-order chi connectivity index (χ1) is 8.49. The van der Waals surface area contributed by atoms with Crippen molar-refractivity contribution in [2.24, 2.45) is 0 Å². The second-order valence-electron chi connectivity index (χ2n) is 4.02. The summed E-state index contributed by atoms with van der Waals surface area (Å²) < 4.78 is 0. The second-order valence-corrected chi connectivity index (χ2v) is 4.02. The fraction of sp³-hybridized carbons (Fsp3) is 0.417. The number of nitro groups is 1. The Bertz CT molecular complexity index is 460. The summed E-state index contributed by atoms with van der Waals surface area (Å²) in [5.74, 6) is -0.226. The number of rotatable bonds is 5. The van der Waals surface area contributed by atoms with Crippen LogP contribution >= 0.6 is 0 Å². The molecule has 6 heteroatoms. The first-order valence-electron chi connectivity index (χ1n) is 5.76. The summed E-state index contributed by atoms with van der Waals surface area (Å²) in [4.78, 5) is 22.1. The summed E-state index contributed by atoms with van der Waals surface area (Å²) in [6.45, 7) is 3.88. The highest BCUT2D eigenvalue weighted by Crippen LogP contribution is 2.24. The van der Waals surface area contributed by atoms with Gasteiger partial charge in [-0.3, -0.25) is 14.9 Å². The minimum absolute atomic E-state index is 0.0439. The topological polar surface area (TPSA) is 84.3 Å². The number of carbonyl (C=O) groups excluding carboxylic acids is 1. The molecule has 1 amide bonds. The van der Waals surface area contributed by atoms with Crippen LogP contribution in [0.15, 0.2) is 18.2 Å². The van der Waals surface area contributed by atoms with Gasteiger partial charge in [0.1, 0.15) is 5.69 Å². The molecule has 0 aliphatic rings. The van der Waals surface area contributed by atoms with Gasteiger partial charge in [-0.05, 0) is 25.5 Å². The van der Waals surface area contributed by atoms with Crippen molar-refractivity contribution < 1.29 is 9.72 Å². The van der Waals surface area contributed by atoms with Crippen LogP contribution in [-0.2, 0) is 0 Å². The molecule has 18 heavy (non-hydrogen) atoms. The molecule has 0 saturated heterocycles. The van der Waals surface area contributed by atoms with Crippen LogP contribution in [0, 0.1) is 10.1 Å². The van der Waals surface area contributed by atoms with Crippen LogP contribution in [0.1, 0.15) is 30.6 Å². The predicted molar refractivity (Wildman–Crippen MR) is 69.9 cm³/mol. The zero-order chi connectivity index (χ0) is 13.7. The van der Waals surface area contributed by atoms with Gasteiger partial charge in [0, 0.05) is 24.7 Å². The lowest BCUT2D eigenvalue weighted by Crippen LogP contribution is -2.31. The van der Waals surface area contributed by atoms with E-state index >= 15 is 0 Å². The Hall–Kier alpha value is -2.11. The lowest BCUT2D eigenvalue weighted by molar-refractivity contribution is -0.383. The van der Waals surface area contributed by atoms with Crippen LogP contribution in [0.2, 0.25) is 0 Å². The largest absolute Gasteiger partial charge is 0.383 e. The molecule has 0 aliphatic heterocycles. The van der Waals surface area contributed by atoms with Gasteiger partial charge in [0.15, 0.2) is 0 Å². The zero-order valence-electron chi connectivity index (χ0n) is 10.7. The Morgan fingerprint density at radius 1 is 1.50 bits per heavy atom. The zero-order valence-corrected chi connectivity index (χ0v) is 10.7. The monoisotopic (exact) mass is 251 g/mol. The maximum absolute atomic E-state index is 11.9. The van der Waals surface area contributed by atoms with Crippen molar-refractivity contribution in [2.45, 2.75) is 26.3 Å². The van der Waals surface area contributed by atoms with Crippen LogP contribution < -0.4 is 10.6 Å². The fourth-order valence-electron chi connectivity index (χ4n) is 1.45. The molecule has 1 aromatic rings. The lowest BCUT2D eigenvalue weighted by atomic mass is 10.1. The molecule has 0 radical (unpaired) electrons. The van der Waals surface area contributed by atoms with Gasteiger partial charge in [0.25, 0.3) is 11.6 Å². The molecule has 0 spiro atoms. The number of hydrogen-bond acceptors (Lipinski definition) is 4. The molecule has 0 heterocycles. The number of hydrogen-bond donors (Lipinski definition) is 2. The van der Waals surface area contributed by atoms with Gasteiger partial charge >= 0.3 is 0 Å². The number of amides is 1. The maximum atomic E-state index is 11.9. The Morgan fingerprint density at radius 2 is 2.17 bits per heavy atom. The quantitative estimate of drug-likeness (QED) is 0.620. The summed E-state index contributed by atoms with van der Waals surface area (Å²) in [7, 11) is 1.58. The summed E-state index contributed by atoms with van der Waals surface area (Å²) in [5, 5.41) is 16.3. The highest BCUT2D eigenvalue weighted by molar-refractivity contribution is 5.96. The summed E-state index contributed by atoms with van der Waals surface area (Å²) in [6.07, 6.45) is 0.831. The third-order valence-electron chi connectivity index (χ3n) is 2.71. The number of carbonyl (C=O) groups is 1. The smallest absolute Gasteiger partial charge is 0.292 e. The van der Waals surface area contributed by atoms with Crippen LogP contribution in [-0.4, -0.2) is 23.9 Å². The molecule has 0 fully saturated rings. The molecule has 1 atom stereocenters. The molecule has 1 rings (SSSR count). The van der Waals surface area contributed by atoms with Crippen LogP contribution in [0.4, 0.5) is 11.4 Å². The van der Waals surface area contributed by atoms with Gasteiger partial charge in [0.2, 0.25) is 0 Å².